The van der Waals surface area contributed by atoms with Crippen molar-refractivity contribution in [2.75, 3.05) is 33.0 Å². The van der Waals surface area contributed by atoms with Gasteiger partial charge in [-0.25, -0.2) is 4.57 Å². The molecule has 0 saturated heterocycles. The van der Waals surface area contributed by atoms with Crippen LogP contribution in [0.3, 0.4) is 0 Å². The Morgan fingerprint density at radius 2 is 1.24 bits per heavy atom. The van der Waals surface area contributed by atoms with Crippen LogP contribution in [0, 0.1) is 0 Å². The summed E-state index contributed by atoms with van der Waals surface area (Å²) in [5, 5.41) is 18.2. The molecule has 0 spiro atoms. The van der Waals surface area contributed by atoms with Gasteiger partial charge in [-0.1, -0.05) is 113 Å². The van der Waals surface area contributed by atoms with Gasteiger partial charge in [0, 0.05) is 13.0 Å². The number of hydrogen-bond acceptors (Lipinski definition) is 8. The number of phosphoric ester groups is 1. The molecule has 3 atom stereocenters. The summed E-state index contributed by atoms with van der Waals surface area (Å²) in [4.78, 5) is 22.3. The van der Waals surface area contributed by atoms with Gasteiger partial charge in [0.05, 0.1) is 26.4 Å². The van der Waals surface area contributed by atoms with Gasteiger partial charge in [0.1, 0.15) is 12.2 Å². The standard InChI is InChI=1S/C36H63O9P/c1-3-5-7-9-11-12-13-14-15-16-17-18-19-20-21-23-25-27-29-42-32-35(33-44-46(40,41)43-31-34(38)30-37)45-36(39)28-26-24-22-10-8-6-4-2/h5,7,11-12,14-15,17-18,20-21,34-35,37-38H,3-4,6,8-10,13,16,19,22-33H2,1-2H3,(H,40,41)/b7-5-,12-11-,15-14-,18-17-,21-20-. The van der Waals surface area contributed by atoms with Crippen molar-refractivity contribution in [3.63, 3.8) is 0 Å². The molecule has 10 heteroatoms. The topological polar surface area (TPSA) is 132 Å². The van der Waals surface area contributed by atoms with Gasteiger partial charge in [-0.3, -0.25) is 13.8 Å². The predicted molar refractivity (Wildman–Crippen MR) is 186 cm³/mol. The molecule has 0 amide bonds. The largest absolute Gasteiger partial charge is 0.472 e. The van der Waals surface area contributed by atoms with Crippen molar-refractivity contribution in [1.82, 2.24) is 0 Å². The molecule has 3 N–H and O–H groups in total. The molecule has 0 radical (unpaired) electrons. The SMILES string of the molecule is CC/C=C\C/C=C\C/C=C\C/C=C\C/C=C\CCCCOCC(COP(=O)(O)OCC(O)CO)OC(=O)CCCCCCCCC. The summed E-state index contributed by atoms with van der Waals surface area (Å²) in [6.07, 6.45) is 34.9. The van der Waals surface area contributed by atoms with Crippen LogP contribution in [0.15, 0.2) is 60.8 Å². The maximum atomic E-state index is 12.4. The number of allylic oxidation sites excluding steroid dienone is 10. The van der Waals surface area contributed by atoms with E-state index < -0.39 is 45.8 Å². The van der Waals surface area contributed by atoms with E-state index in [4.69, 9.17) is 19.1 Å². The van der Waals surface area contributed by atoms with E-state index in [1.807, 2.05) is 0 Å². The van der Waals surface area contributed by atoms with E-state index >= 15 is 0 Å². The first kappa shape index (κ1) is 44.2. The number of carbonyl (C=O) groups excluding carboxylic acids is 1. The number of esters is 1. The van der Waals surface area contributed by atoms with Gasteiger partial charge in [-0.05, 0) is 57.8 Å². The van der Waals surface area contributed by atoms with E-state index in [9.17, 15) is 19.4 Å². The zero-order chi connectivity index (χ0) is 34.0. The highest BCUT2D eigenvalue weighted by Crippen LogP contribution is 2.43. The van der Waals surface area contributed by atoms with Gasteiger partial charge in [0.15, 0.2) is 0 Å². The first-order valence-electron chi connectivity index (χ1n) is 17.3. The van der Waals surface area contributed by atoms with E-state index in [0.717, 1.165) is 77.0 Å². The lowest BCUT2D eigenvalue weighted by molar-refractivity contribution is -0.154. The third-order valence-electron chi connectivity index (χ3n) is 6.72. The van der Waals surface area contributed by atoms with Crippen molar-refractivity contribution in [2.24, 2.45) is 0 Å². The molecular formula is C36H63O9P. The molecule has 0 aromatic heterocycles. The summed E-state index contributed by atoms with van der Waals surface area (Å²) in [5.74, 6) is -0.409. The minimum absolute atomic E-state index is 0.0176. The summed E-state index contributed by atoms with van der Waals surface area (Å²) >= 11 is 0. The highest BCUT2D eigenvalue weighted by molar-refractivity contribution is 7.47. The van der Waals surface area contributed by atoms with Gasteiger partial charge in [0.2, 0.25) is 0 Å². The minimum atomic E-state index is -4.51. The fourth-order valence-corrected chi connectivity index (χ4v) is 4.87. The number of carbonyl (C=O) groups is 1. The Balaban J connectivity index is 4.30. The summed E-state index contributed by atoms with van der Waals surface area (Å²) in [6, 6.07) is 0. The lowest BCUT2D eigenvalue weighted by Gasteiger charge is -2.20. The molecule has 0 bridgehead atoms. The molecule has 0 aromatic rings. The summed E-state index contributed by atoms with van der Waals surface area (Å²) in [7, 11) is -4.51. The van der Waals surface area contributed by atoms with Crippen molar-refractivity contribution in [1.29, 1.82) is 0 Å². The Morgan fingerprint density at radius 1 is 0.696 bits per heavy atom. The van der Waals surface area contributed by atoms with Crippen molar-refractivity contribution in [3.8, 4) is 0 Å². The highest BCUT2D eigenvalue weighted by atomic mass is 31.2. The summed E-state index contributed by atoms with van der Waals surface area (Å²) in [5.41, 5.74) is 0. The molecule has 0 aromatic carbocycles. The molecule has 0 fully saturated rings. The fraction of sp³-hybridized carbons (Fsp3) is 0.694. The normalized spacial score (nSPS) is 15.2. The Bertz CT molecular complexity index is 898. The average Bonchev–Trinajstić information content (AvgIpc) is 3.04. The van der Waals surface area contributed by atoms with E-state index in [2.05, 4.69) is 79.1 Å². The number of ether oxygens (including phenoxy) is 2. The molecule has 3 unspecified atom stereocenters. The highest BCUT2D eigenvalue weighted by Gasteiger charge is 2.26. The Kier molecular flexibility index (Phi) is 31.8. The van der Waals surface area contributed by atoms with E-state index in [1.165, 1.54) is 19.3 Å². The fourth-order valence-electron chi connectivity index (χ4n) is 4.08. The van der Waals surface area contributed by atoms with Gasteiger partial charge < -0.3 is 24.6 Å². The number of unbranched alkanes of at least 4 members (excludes halogenated alkanes) is 8. The van der Waals surface area contributed by atoms with Crippen LogP contribution >= 0.6 is 7.82 Å². The molecule has 0 aliphatic carbocycles. The van der Waals surface area contributed by atoms with E-state index in [0.29, 0.717) is 6.61 Å². The Labute approximate surface area is 279 Å². The second kappa shape index (κ2) is 33.1. The van der Waals surface area contributed by atoms with Crippen molar-refractivity contribution in [3.05, 3.63) is 60.8 Å². The summed E-state index contributed by atoms with van der Waals surface area (Å²) in [6.45, 7) is 3.20. The molecule has 0 aliphatic heterocycles. The number of phosphoric acid groups is 1. The van der Waals surface area contributed by atoms with Gasteiger partial charge in [0.25, 0.3) is 0 Å². The number of hydrogen-bond donors (Lipinski definition) is 3. The quantitative estimate of drug-likeness (QED) is 0.0279. The summed E-state index contributed by atoms with van der Waals surface area (Å²) < 4.78 is 33.0. The number of aliphatic hydroxyl groups is 2. The zero-order valence-corrected chi connectivity index (χ0v) is 29.4. The van der Waals surface area contributed by atoms with Crippen LogP contribution in [0.5, 0.6) is 0 Å². The minimum Gasteiger partial charge on any atom is -0.457 e. The predicted octanol–water partition coefficient (Wildman–Crippen LogP) is 8.46. The molecule has 0 saturated carbocycles. The first-order valence-corrected chi connectivity index (χ1v) is 18.8. The van der Waals surface area contributed by atoms with Crippen LogP contribution in [0.4, 0.5) is 0 Å². The third-order valence-corrected chi connectivity index (χ3v) is 7.67. The second-order valence-corrected chi connectivity index (χ2v) is 12.6. The van der Waals surface area contributed by atoms with Crippen LogP contribution in [0.2, 0.25) is 0 Å². The van der Waals surface area contributed by atoms with Crippen LogP contribution in [0.1, 0.15) is 117 Å². The monoisotopic (exact) mass is 670 g/mol. The zero-order valence-electron chi connectivity index (χ0n) is 28.5. The molecular weight excluding hydrogens is 607 g/mol. The van der Waals surface area contributed by atoms with Gasteiger partial charge in [-0.15, -0.1) is 0 Å². The van der Waals surface area contributed by atoms with Crippen molar-refractivity contribution >= 4 is 13.8 Å². The second-order valence-electron chi connectivity index (χ2n) is 11.2. The van der Waals surface area contributed by atoms with Crippen molar-refractivity contribution in [2.45, 2.75) is 129 Å². The smallest absolute Gasteiger partial charge is 0.457 e. The number of rotatable bonds is 32. The Hall–Kier alpha value is -1.84. The maximum Gasteiger partial charge on any atom is 0.472 e. The van der Waals surface area contributed by atoms with Gasteiger partial charge in [-0.2, -0.15) is 0 Å². The third kappa shape index (κ3) is 32.1. The average molecular weight is 671 g/mol. The lowest BCUT2D eigenvalue weighted by atomic mass is 10.1. The molecule has 0 aliphatic rings. The molecule has 0 rings (SSSR count). The molecule has 9 nitrogen and oxygen atoms in total. The lowest BCUT2D eigenvalue weighted by Crippen LogP contribution is -2.29. The first-order chi connectivity index (χ1) is 22.3. The Morgan fingerprint density at radius 3 is 1.83 bits per heavy atom. The van der Waals surface area contributed by atoms with Crippen LogP contribution in [-0.4, -0.2) is 66.3 Å². The van der Waals surface area contributed by atoms with E-state index in [-0.39, 0.29) is 13.0 Å². The van der Waals surface area contributed by atoms with Crippen LogP contribution < -0.4 is 0 Å². The van der Waals surface area contributed by atoms with Crippen molar-refractivity contribution < 1.29 is 43.0 Å². The molecule has 266 valence electrons. The maximum absolute atomic E-state index is 12.4. The molecule has 0 heterocycles. The van der Waals surface area contributed by atoms with Crippen LogP contribution in [-0.2, 0) is 27.9 Å². The molecule has 46 heavy (non-hydrogen) atoms. The van der Waals surface area contributed by atoms with E-state index in [1.54, 1.807) is 0 Å². The number of aliphatic hydroxyl groups excluding tert-OH is 2. The van der Waals surface area contributed by atoms with Gasteiger partial charge >= 0.3 is 13.8 Å². The van der Waals surface area contributed by atoms with Crippen LogP contribution in [0.25, 0.3) is 0 Å².